The highest BCUT2D eigenvalue weighted by Gasteiger charge is 2.23. The fraction of sp³-hybridized carbons (Fsp3) is 0.286. The Labute approximate surface area is 124 Å². The molecule has 1 N–H and O–H groups in total. The number of halogens is 1. The van der Waals surface area contributed by atoms with Gasteiger partial charge in [0.25, 0.3) is 0 Å². The van der Waals surface area contributed by atoms with Gasteiger partial charge in [0.05, 0.1) is 11.2 Å². The number of carbonyl (C=O) groups excluding carboxylic acids is 1. The number of nitrogens with zero attached hydrogens (tertiary/aromatic N) is 1. The standard InChI is InChI=1S/C14H13BrN2OS/c15-11-6-9-2-1-3-12(13(9)16-7-11)17-14(18)10-4-5-19-8-10/h1-3,6-7,10H,4-5,8H2,(H,17,18). The number of amides is 1. The van der Waals surface area contributed by atoms with Gasteiger partial charge < -0.3 is 5.32 Å². The minimum atomic E-state index is 0.113. The van der Waals surface area contributed by atoms with Crippen LogP contribution in [0.3, 0.4) is 0 Å². The minimum absolute atomic E-state index is 0.113. The van der Waals surface area contributed by atoms with Crippen molar-refractivity contribution >= 4 is 50.2 Å². The van der Waals surface area contributed by atoms with Gasteiger partial charge >= 0.3 is 0 Å². The van der Waals surface area contributed by atoms with Gasteiger partial charge in [-0.1, -0.05) is 12.1 Å². The highest BCUT2D eigenvalue weighted by molar-refractivity contribution is 9.10. The van der Waals surface area contributed by atoms with Crippen LogP contribution in [0.15, 0.2) is 34.9 Å². The van der Waals surface area contributed by atoms with Crippen LogP contribution in [0.4, 0.5) is 5.69 Å². The van der Waals surface area contributed by atoms with Gasteiger partial charge in [0.1, 0.15) is 0 Å². The molecule has 1 saturated heterocycles. The number of nitrogens with one attached hydrogen (secondary N) is 1. The number of carbonyl (C=O) groups is 1. The monoisotopic (exact) mass is 336 g/mol. The average molecular weight is 337 g/mol. The third-order valence-electron chi connectivity index (χ3n) is 3.24. The quantitative estimate of drug-likeness (QED) is 0.909. The minimum Gasteiger partial charge on any atom is -0.324 e. The summed E-state index contributed by atoms with van der Waals surface area (Å²) < 4.78 is 0.940. The Bertz CT molecular complexity index is 626. The molecule has 2 aromatic rings. The summed E-state index contributed by atoms with van der Waals surface area (Å²) in [6.45, 7) is 0. The molecule has 5 heteroatoms. The molecule has 0 saturated carbocycles. The molecule has 0 bridgehead atoms. The van der Waals surface area contributed by atoms with Crippen LogP contribution in [0.5, 0.6) is 0 Å². The average Bonchev–Trinajstić information content (AvgIpc) is 2.92. The third-order valence-corrected chi connectivity index (χ3v) is 4.83. The molecule has 1 aromatic heterocycles. The summed E-state index contributed by atoms with van der Waals surface area (Å²) in [4.78, 5) is 16.6. The molecule has 0 spiro atoms. The van der Waals surface area contributed by atoms with Crippen LogP contribution in [0.1, 0.15) is 6.42 Å². The van der Waals surface area contributed by atoms with Crippen LogP contribution in [-0.4, -0.2) is 22.4 Å². The molecule has 19 heavy (non-hydrogen) atoms. The van der Waals surface area contributed by atoms with E-state index < -0.39 is 0 Å². The molecular formula is C14H13BrN2OS. The third kappa shape index (κ3) is 2.77. The number of aromatic nitrogens is 1. The zero-order valence-corrected chi connectivity index (χ0v) is 12.6. The summed E-state index contributed by atoms with van der Waals surface area (Å²) >= 11 is 5.25. The lowest BCUT2D eigenvalue weighted by Gasteiger charge is -2.11. The molecule has 0 radical (unpaired) electrons. The first-order valence-corrected chi connectivity index (χ1v) is 8.12. The molecule has 1 aromatic carbocycles. The van der Waals surface area contributed by atoms with Crippen molar-refractivity contribution in [2.24, 2.45) is 5.92 Å². The molecular weight excluding hydrogens is 324 g/mol. The van der Waals surface area contributed by atoms with E-state index in [0.717, 1.165) is 39.0 Å². The topological polar surface area (TPSA) is 42.0 Å². The van der Waals surface area contributed by atoms with Crippen molar-refractivity contribution in [2.45, 2.75) is 6.42 Å². The molecule has 1 fully saturated rings. The summed E-state index contributed by atoms with van der Waals surface area (Å²) in [6.07, 6.45) is 2.73. The number of fused-ring (bicyclic) bond motifs is 1. The van der Waals surface area contributed by atoms with Gasteiger partial charge in [-0.25, -0.2) is 0 Å². The SMILES string of the molecule is O=C(Nc1cccc2cc(Br)cnc12)C1CCSC1. The van der Waals surface area contributed by atoms with E-state index >= 15 is 0 Å². The Morgan fingerprint density at radius 3 is 3.16 bits per heavy atom. The molecule has 3 rings (SSSR count). The lowest BCUT2D eigenvalue weighted by molar-refractivity contribution is -0.119. The molecule has 0 aliphatic carbocycles. The Balaban J connectivity index is 1.90. The van der Waals surface area contributed by atoms with E-state index in [9.17, 15) is 4.79 Å². The first-order chi connectivity index (χ1) is 9.24. The lowest BCUT2D eigenvalue weighted by Crippen LogP contribution is -2.22. The summed E-state index contributed by atoms with van der Waals surface area (Å²) in [5.74, 6) is 2.26. The second-order valence-corrected chi connectivity index (χ2v) is 6.65. The summed E-state index contributed by atoms with van der Waals surface area (Å²) in [5.41, 5.74) is 1.64. The molecule has 3 nitrogen and oxygen atoms in total. The van der Waals surface area contributed by atoms with Crippen molar-refractivity contribution in [3.8, 4) is 0 Å². The van der Waals surface area contributed by atoms with Crippen LogP contribution in [0, 0.1) is 5.92 Å². The molecule has 1 unspecified atom stereocenters. The number of thioether (sulfide) groups is 1. The maximum atomic E-state index is 12.2. The first-order valence-electron chi connectivity index (χ1n) is 6.17. The maximum absolute atomic E-state index is 12.2. The van der Waals surface area contributed by atoms with Crippen molar-refractivity contribution in [1.29, 1.82) is 0 Å². The van der Waals surface area contributed by atoms with Gasteiger partial charge in [-0.15, -0.1) is 0 Å². The Morgan fingerprint density at radius 1 is 1.47 bits per heavy atom. The van der Waals surface area contributed by atoms with Crippen LogP contribution in [-0.2, 0) is 4.79 Å². The first kappa shape index (κ1) is 12.9. The van der Waals surface area contributed by atoms with Gasteiger partial charge in [0.2, 0.25) is 5.91 Å². The van der Waals surface area contributed by atoms with Gasteiger partial charge in [-0.3, -0.25) is 9.78 Å². The van der Waals surface area contributed by atoms with Crippen LogP contribution in [0.2, 0.25) is 0 Å². The van der Waals surface area contributed by atoms with Crippen molar-refractivity contribution < 1.29 is 4.79 Å². The Kier molecular flexibility index (Phi) is 3.75. The van der Waals surface area contributed by atoms with Gasteiger partial charge in [0.15, 0.2) is 0 Å². The van der Waals surface area contributed by atoms with Crippen LogP contribution < -0.4 is 5.32 Å². The molecule has 1 aliphatic rings. The zero-order valence-electron chi connectivity index (χ0n) is 10.2. The molecule has 1 amide bonds. The van der Waals surface area contributed by atoms with E-state index in [4.69, 9.17) is 0 Å². The number of rotatable bonds is 2. The molecule has 2 heterocycles. The predicted octanol–water partition coefficient (Wildman–Crippen LogP) is 3.69. The number of pyridine rings is 1. The fourth-order valence-corrected chi connectivity index (χ4v) is 3.78. The van der Waals surface area contributed by atoms with Crippen molar-refractivity contribution in [3.05, 3.63) is 34.9 Å². The normalized spacial score (nSPS) is 18.7. The molecule has 1 aliphatic heterocycles. The van der Waals surface area contributed by atoms with Crippen LogP contribution in [0.25, 0.3) is 10.9 Å². The zero-order chi connectivity index (χ0) is 13.2. The van der Waals surface area contributed by atoms with E-state index in [1.165, 1.54) is 0 Å². The van der Waals surface area contributed by atoms with E-state index in [-0.39, 0.29) is 11.8 Å². The van der Waals surface area contributed by atoms with Crippen molar-refractivity contribution in [2.75, 3.05) is 16.8 Å². The Morgan fingerprint density at radius 2 is 2.37 bits per heavy atom. The van der Waals surface area contributed by atoms with E-state index in [1.54, 1.807) is 6.20 Å². The highest BCUT2D eigenvalue weighted by atomic mass is 79.9. The van der Waals surface area contributed by atoms with Crippen LogP contribution >= 0.6 is 27.7 Å². The Hall–Kier alpha value is -1.07. The summed E-state index contributed by atoms with van der Waals surface area (Å²) in [6, 6.07) is 7.84. The highest BCUT2D eigenvalue weighted by Crippen LogP contribution is 2.27. The second kappa shape index (κ2) is 5.51. The number of hydrogen-bond acceptors (Lipinski definition) is 3. The maximum Gasteiger partial charge on any atom is 0.228 e. The van der Waals surface area contributed by atoms with E-state index in [0.29, 0.717) is 0 Å². The predicted molar refractivity (Wildman–Crippen MR) is 83.5 cm³/mol. The van der Waals surface area contributed by atoms with Gasteiger partial charge in [0, 0.05) is 27.7 Å². The number of benzene rings is 1. The van der Waals surface area contributed by atoms with Gasteiger partial charge in [-0.05, 0) is 40.2 Å². The smallest absolute Gasteiger partial charge is 0.228 e. The number of anilines is 1. The molecule has 98 valence electrons. The summed E-state index contributed by atoms with van der Waals surface area (Å²) in [7, 11) is 0. The number of para-hydroxylation sites is 1. The second-order valence-electron chi connectivity index (χ2n) is 4.58. The molecule has 1 atom stereocenters. The summed E-state index contributed by atoms with van der Waals surface area (Å²) in [5, 5.41) is 4.04. The van der Waals surface area contributed by atoms with E-state index in [2.05, 4.69) is 26.2 Å². The largest absolute Gasteiger partial charge is 0.324 e. The van der Waals surface area contributed by atoms with Crippen molar-refractivity contribution in [1.82, 2.24) is 4.98 Å². The fourth-order valence-electron chi connectivity index (χ4n) is 2.21. The van der Waals surface area contributed by atoms with Gasteiger partial charge in [-0.2, -0.15) is 11.8 Å². The number of hydrogen-bond donors (Lipinski definition) is 1. The lowest BCUT2D eigenvalue weighted by atomic mass is 10.1. The van der Waals surface area contributed by atoms with E-state index in [1.807, 2.05) is 36.0 Å². The van der Waals surface area contributed by atoms with Crippen molar-refractivity contribution in [3.63, 3.8) is 0 Å².